The second-order valence-electron chi connectivity index (χ2n) is 6.64. The van der Waals surface area contributed by atoms with E-state index in [1.54, 1.807) is 4.68 Å². The molecular weight excluding hydrogens is 314 g/mol. The van der Waals surface area contributed by atoms with Crippen LogP contribution in [0.5, 0.6) is 0 Å². The summed E-state index contributed by atoms with van der Waals surface area (Å²) in [5, 5.41) is 8.40. The molecule has 0 saturated carbocycles. The molecule has 0 fully saturated rings. The van der Waals surface area contributed by atoms with Crippen LogP contribution in [0.25, 0.3) is 22.2 Å². The number of hydrogen-bond donors (Lipinski definition) is 1. The van der Waals surface area contributed by atoms with Gasteiger partial charge in [-0.1, -0.05) is 6.07 Å². The fourth-order valence-electron chi connectivity index (χ4n) is 2.96. The Morgan fingerprint density at radius 2 is 2.00 bits per heavy atom. The summed E-state index contributed by atoms with van der Waals surface area (Å²) < 4.78 is 1.80. The van der Waals surface area contributed by atoms with E-state index in [1.807, 2.05) is 57.4 Å². The van der Waals surface area contributed by atoms with Crippen molar-refractivity contribution in [3.05, 3.63) is 41.7 Å². The van der Waals surface area contributed by atoms with Crippen LogP contribution in [0.1, 0.15) is 11.3 Å². The predicted octanol–water partition coefficient (Wildman–Crippen LogP) is 2.75. The Balaban J connectivity index is 2.00. The zero-order valence-electron chi connectivity index (χ0n) is 15.3. The zero-order valence-corrected chi connectivity index (χ0v) is 15.3. The van der Waals surface area contributed by atoms with Gasteiger partial charge >= 0.3 is 0 Å². The van der Waals surface area contributed by atoms with Gasteiger partial charge < -0.3 is 10.2 Å². The number of pyridine rings is 1. The minimum Gasteiger partial charge on any atom is -0.325 e. The lowest BCUT2D eigenvalue weighted by atomic mass is 10.1. The first kappa shape index (κ1) is 17.1. The molecule has 0 atom stereocenters. The van der Waals surface area contributed by atoms with Crippen LogP contribution in [0.3, 0.4) is 0 Å². The molecule has 0 aliphatic heterocycles. The van der Waals surface area contributed by atoms with E-state index < -0.39 is 0 Å². The van der Waals surface area contributed by atoms with Crippen LogP contribution in [-0.2, 0) is 11.8 Å². The van der Waals surface area contributed by atoms with Crippen LogP contribution in [0, 0.1) is 13.8 Å². The van der Waals surface area contributed by atoms with E-state index >= 15 is 0 Å². The molecule has 1 aromatic carbocycles. The van der Waals surface area contributed by atoms with Crippen LogP contribution >= 0.6 is 0 Å². The highest BCUT2D eigenvalue weighted by Gasteiger charge is 2.11. The maximum atomic E-state index is 12.0. The maximum Gasteiger partial charge on any atom is 0.238 e. The number of amides is 1. The summed E-state index contributed by atoms with van der Waals surface area (Å²) in [6, 6.07) is 7.92. The molecule has 3 rings (SSSR count). The third kappa shape index (κ3) is 3.69. The third-order valence-corrected chi connectivity index (χ3v) is 4.05. The molecule has 25 heavy (non-hydrogen) atoms. The number of anilines is 1. The quantitative estimate of drug-likeness (QED) is 0.795. The predicted molar refractivity (Wildman–Crippen MR) is 101 cm³/mol. The minimum absolute atomic E-state index is 0.0414. The van der Waals surface area contributed by atoms with Gasteiger partial charge in [-0.25, -0.2) is 4.98 Å². The number of nitrogens with zero attached hydrogens (tertiary/aromatic N) is 4. The highest BCUT2D eigenvalue weighted by atomic mass is 16.2. The molecule has 0 radical (unpaired) electrons. The second-order valence-corrected chi connectivity index (χ2v) is 6.64. The number of likely N-dealkylation sites (N-methyl/N-ethyl adjacent to an activating group) is 1. The number of carbonyl (C=O) groups is 1. The average molecular weight is 337 g/mol. The van der Waals surface area contributed by atoms with E-state index in [0.717, 1.165) is 39.1 Å². The van der Waals surface area contributed by atoms with Crippen LogP contribution < -0.4 is 5.32 Å². The Hall–Kier alpha value is -2.73. The molecule has 1 N–H and O–H groups in total. The summed E-state index contributed by atoms with van der Waals surface area (Å²) in [6.07, 6.45) is 1.98. The van der Waals surface area contributed by atoms with Gasteiger partial charge in [-0.05, 0) is 51.7 Å². The summed E-state index contributed by atoms with van der Waals surface area (Å²) in [5.74, 6) is -0.0414. The molecule has 3 aromatic rings. The lowest BCUT2D eigenvalue weighted by Crippen LogP contribution is -2.27. The number of aryl methyl sites for hydroxylation is 3. The molecular formula is C19H23N5O. The summed E-state index contributed by atoms with van der Waals surface area (Å²) in [7, 11) is 5.64. The molecule has 0 spiro atoms. The normalized spacial score (nSPS) is 11.3. The van der Waals surface area contributed by atoms with Crippen LogP contribution in [0.4, 0.5) is 5.69 Å². The number of nitrogens with one attached hydrogen (secondary N) is 1. The fourth-order valence-corrected chi connectivity index (χ4v) is 2.96. The first-order chi connectivity index (χ1) is 11.8. The molecule has 2 aromatic heterocycles. The monoisotopic (exact) mass is 337 g/mol. The van der Waals surface area contributed by atoms with Gasteiger partial charge in [0.2, 0.25) is 5.91 Å². The summed E-state index contributed by atoms with van der Waals surface area (Å²) >= 11 is 0. The number of aromatic nitrogens is 3. The van der Waals surface area contributed by atoms with Crippen molar-refractivity contribution in [2.45, 2.75) is 13.8 Å². The van der Waals surface area contributed by atoms with Gasteiger partial charge in [0.1, 0.15) is 0 Å². The largest absolute Gasteiger partial charge is 0.325 e. The van der Waals surface area contributed by atoms with E-state index in [0.29, 0.717) is 6.54 Å². The average Bonchev–Trinajstić information content (AvgIpc) is 2.84. The smallest absolute Gasteiger partial charge is 0.238 e. The molecule has 130 valence electrons. The molecule has 0 unspecified atom stereocenters. The number of hydrogen-bond acceptors (Lipinski definition) is 4. The molecule has 6 nitrogen and oxygen atoms in total. The Morgan fingerprint density at radius 3 is 2.64 bits per heavy atom. The lowest BCUT2D eigenvalue weighted by Gasteiger charge is -2.11. The van der Waals surface area contributed by atoms with Crippen molar-refractivity contribution in [1.82, 2.24) is 19.7 Å². The van der Waals surface area contributed by atoms with Crippen molar-refractivity contribution >= 4 is 22.5 Å². The first-order valence-corrected chi connectivity index (χ1v) is 8.20. The Bertz CT molecular complexity index is 942. The van der Waals surface area contributed by atoms with Crippen LogP contribution in [0.15, 0.2) is 30.5 Å². The lowest BCUT2D eigenvalue weighted by molar-refractivity contribution is -0.116. The number of fused-ring (bicyclic) bond motifs is 1. The van der Waals surface area contributed by atoms with Crippen LogP contribution in [0.2, 0.25) is 0 Å². The molecule has 6 heteroatoms. The molecule has 0 bridgehead atoms. The third-order valence-electron chi connectivity index (χ3n) is 4.05. The number of benzene rings is 1. The Morgan fingerprint density at radius 1 is 1.24 bits per heavy atom. The molecule has 2 heterocycles. The number of carbonyl (C=O) groups excluding carboxylic acids is 1. The Kier molecular flexibility index (Phi) is 4.55. The minimum atomic E-state index is -0.0414. The van der Waals surface area contributed by atoms with Gasteiger partial charge in [-0.3, -0.25) is 9.48 Å². The SMILES string of the molecule is Cc1nn(C)cc1-c1cc(C)c2ccc(NC(=O)CN(C)C)cc2n1. The highest BCUT2D eigenvalue weighted by molar-refractivity contribution is 5.95. The van der Waals surface area contributed by atoms with Crippen molar-refractivity contribution < 1.29 is 4.79 Å². The van der Waals surface area contributed by atoms with E-state index in [4.69, 9.17) is 4.98 Å². The molecule has 0 aliphatic carbocycles. The number of rotatable bonds is 4. The van der Waals surface area contributed by atoms with E-state index in [-0.39, 0.29) is 5.91 Å². The van der Waals surface area contributed by atoms with E-state index in [2.05, 4.69) is 23.4 Å². The summed E-state index contributed by atoms with van der Waals surface area (Å²) in [4.78, 5) is 18.6. The highest BCUT2D eigenvalue weighted by Crippen LogP contribution is 2.27. The van der Waals surface area contributed by atoms with Crippen LogP contribution in [-0.4, -0.2) is 46.2 Å². The fraction of sp³-hybridized carbons (Fsp3) is 0.316. The Labute approximate surface area is 147 Å². The topological polar surface area (TPSA) is 63.1 Å². The summed E-state index contributed by atoms with van der Waals surface area (Å²) in [6.45, 7) is 4.40. The van der Waals surface area contributed by atoms with Crippen molar-refractivity contribution in [3.63, 3.8) is 0 Å². The van der Waals surface area contributed by atoms with Gasteiger partial charge in [-0.2, -0.15) is 5.10 Å². The summed E-state index contributed by atoms with van der Waals surface area (Å²) in [5.41, 5.74) is 5.63. The van der Waals surface area contributed by atoms with Crippen molar-refractivity contribution in [2.24, 2.45) is 7.05 Å². The van der Waals surface area contributed by atoms with Gasteiger partial charge in [0.15, 0.2) is 0 Å². The first-order valence-electron chi connectivity index (χ1n) is 8.20. The van der Waals surface area contributed by atoms with Crippen molar-refractivity contribution in [2.75, 3.05) is 26.0 Å². The molecule has 1 amide bonds. The van der Waals surface area contributed by atoms with Gasteiger partial charge in [-0.15, -0.1) is 0 Å². The maximum absolute atomic E-state index is 12.0. The zero-order chi connectivity index (χ0) is 18.1. The van der Waals surface area contributed by atoms with Crippen molar-refractivity contribution in [1.29, 1.82) is 0 Å². The second kappa shape index (κ2) is 6.64. The van der Waals surface area contributed by atoms with Gasteiger partial charge in [0, 0.05) is 29.9 Å². The van der Waals surface area contributed by atoms with Gasteiger partial charge in [0.05, 0.1) is 23.4 Å². The van der Waals surface area contributed by atoms with E-state index in [1.165, 1.54) is 0 Å². The molecule has 0 saturated heterocycles. The van der Waals surface area contributed by atoms with Crippen molar-refractivity contribution in [3.8, 4) is 11.3 Å². The van der Waals surface area contributed by atoms with Gasteiger partial charge in [0.25, 0.3) is 0 Å². The van der Waals surface area contributed by atoms with E-state index in [9.17, 15) is 4.79 Å². The standard InChI is InChI=1S/C19H23N5O/c1-12-8-17(16-10-24(5)22-13(16)2)21-18-9-14(6-7-15(12)18)20-19(25)11-23(3)4/h6-10H,11H2,1-5H3,(H,20,25). The molecule has 0 aliphatic rings.